The third-order valence-electron chi connectivity index (χ3n) is 2.97. The van der Waals surface area contributed by atoms with Crippen molar-refractivity contribution in [2.45, 2.75) is 19.9 Å². The molecule has 0 saturated carbocycles. The lowest BCUT2D eigenvalue weighted by Gasteiger charge is -2.34. The van der Waals surface area contributed by atoms with E-state index in [2.05, 4.69) is 13.8 Å². The first-order chi connectivity index (χ1) is 8.95. The molecule has 0 spiro atoms. The van der Waals surface area contributed by atoms with Gasteiger partial charge in [0.05, 0.1) is 12.6 Å². The Labute approximate surface area is 118 Å². The van der Waals surface area contributed by atoms with Crippen molar-refractivity contribution in [2.75, 3.05) is 25.2 Å². The van der Waals surface area contributed by atoms with E-state index in [9.17, 15) is 4.79 Å². The van der Waals surface area contributed by atoms with Crippen molar-refractivity contribution in [2.24, 2.45) is 5.92 Å². The van der Waals surface area contributed by atoms with Crippen LogP contribution < -0.4 is 4.90 Å². The van der Waals surface area contributed by atoms with Crippen molar-refractivity contribution in [3.63, 3.8) is 0 Å². The number of halogens is 1. The summed E-state index contributed by atoms with van der Waals surface area (Å²) in [6.45, 7) is 4.52. The van der Waals surface area contributed by atoms with Gasteiger partial charge in [0.2, 0.25) is 0 Å². The number of ether oxygens (including phenoxy) is 1. The van der Waals surface area contributed by atoms with Crippen LogP contribution in [0.3, 0.4) is 0 Å². The van der Waals surface area contributed by atoms with Gasteiger partial charge in [0.15, 0.2) is 0 Å². The topological polar surface area (TPSA) is 49.8 Å². The Morgan fingerprint density at radius 2 is 1.95 bits per heavy atom. The maximum Gasteiger partial charge on any atom is 0.323 e. The molecule has 0 aliphatic carbocycles. The number of benzene rings is 1. The van der Waals surface area contributed by atoms with Gasteiger partial charge in [-0.3, -0.25) is 4.79 Å². The van der Waals surface area contributed by atoms with Gasteiger partial charge < -0.3 is 14.7 Å². The maximum atomic E-state index is 11.1. The van der Waals surface area contributed by atoms with Gasteiger partial charge in [-0.15, -0.1) is 0 Å². The minimum Gasteiger partial charge on any atom is -0.480 e. The summed E-state index contributed by atoms with van der Waals surface area (Å²) in [5.74, 6) is -0.591. The highest BCUT2D eigenvalue weighted by Crippen LogP contribution is 2.23. The molecule has 0 fully saturated rings. The summed E-state index contributed by atoms with van der Waals surface area (Å²) >= 11 is 5.87. The fourth-order valence-electron chi connectivity index (χ4n) is 1.99. The minimum absolute atomic E-state index is 0.00211. The molecule has 1 rings (SSSR count). The molecule has 5 heteroatoms. The summed E-state index contributed by atoms with van der Waals surface area (Å²) in [6, 6.07) is 7.18. The highest BCUT2D eigenvalue weighted by atomic mass is 35.5. The number of nitrogens with zero attached hydrogens (tertiary/aromatic N) is 1. The zero-order valence-electron chi connectivity index (χ0n) is 11.5. The van der Waals surface area contributed by atoms with Crippen molar-refractivity contribution >= 4 is 23.3 Å². The molecule has 0 aliphatic rings. The van der Waals surface area contributed by atoms with Gasteiger partial charge in [-0.1, -0.05) is 25.4 Å². The smallest absolute Gasteiger partial charge is 0.323 e. The van der Waals surface area contributed by atoms with Gasteiger partial charge in [0.1, 0.15) is 6.54 Å². The third-order valence-corrected chi connectivity index (χ3v) is 3.22. The third kappa shape index (κ3) is 4.73. The molecule has 1 aromatic carbocycles. The van der Waals surface area contributed by atoms with Crippen LogP contribution in [0.4, 0.5) is 5.69 Å². The predicted octanol–water partition coefficient (Wildman–Crippen LogP) is 2.90. The van der Waals surface area contributed by atoms with Gasteiger partial charge in [0, 0.05) is 17.8 Å². The fraction of sp³-hybridized carbons (Fsp3) is 0.500. The van der Waals surface area contributed by atoms with Crippen LogP contribution in [0.5, 0.6) is 0 Å². The molecule has 1 unspecified atom stereocenters. The Balaban J connectivity index is 3.04. The molecular formula is C14H20ClNO3. The monoisotopic (exact) mass is 285 g/mol. The van der Waals surface area contributed by atoms with Crippen LogP contribution >= 0.6 is 11.6 Å². The van der Waals surface area contributed by atoms with E-state index in [0.29, 0.717) is 11.6 Å². The lowest BCUT2D eigenvalue weighted by Crippen LogP contribution is -2.45. The van der Waals surface area contributed by atoms with E-state index in [0.717, 1.165) is 5.69 Å². The van der Waals surface area contributed by atoms with Crippen LogP contribution in [0.2, 0.25) is 5.02 Å². The molecule has 0 radical (unpaired) electrons. The minimum atomic E-state index is -0.864. The van der Waals surface area contributed by atoms with Crippen molar-refractivity contribution < 1.29 is 14.6 Å². The number of carbonyl (C=O) groups is 1. The van der Waals surface area contributed by atoms with Gasteiger partial charge in [-0.2, -0.15) is 0 Å². The zero-order valence-corrected chi connectivity index (χ0v) is 12.2. The average molecular weight is 286 g/mol. The molecule has 0 saturated heterocycles. The Bertz CT molecular complexity index is 406. The summed E-state index contributed by atoms with van der Waals surface area (Å²) in [4.78, 5) is 12.9. The van der Waals surface area contributed by atoms with Crippen molar-refractivity contribution in [3.05, 3.63) is 29.3 Å². The number of carboxylic acids is 1. The average Bonchev–Trinajstić information content (AvgIpc) is 2.34. The molecular weight excluding hydrogens is 266 g/mol. The summed E-state index contributed by atoms with van der Waals surface area (Å²) in [5, 5.41) is 9.72. The van der Waals surface area contributed by atoms with Crippen molar-refractivity contribution in [3.8, 4) is 0 Å². The largest absolute Gasteiger partial charge is 0.480 e. The molecule has 1 aromatic rings. The standard InChI is InChI=1S/C14H20ClNO3/c1-10(2)13(9-19-3)16(8-14(17)18)12-6-4-11(15)5-7-12/h4-7,10,13H,8-9H2,1-3H3,(H,17,18). The van der Waals surface area contributed by atoms with Crippen molar-refractivity contribution in [1.82, 2.24) is 0 Å². The van der Waals surface area contributed by atoms with Crippen molar-refractivity contribution in [1.29, 1.82) is 0 Å². The van der Waals surface area contributed by atoms with Gasteiger partial charge in [-0.25, -0.2) is 0 Å². The van der Waals surface area contributed by atoms with E-state index in [4.69, 9.17) is 21.4 Å². The van der Waals surface area contributed by atoms with Crippen LogP contribution in [-0.4, -0.2) is 37.4 Å². The van der Waals surface area contributed by atoms with Gasteiger partial charge >= 0.3 is 5.97 Å². The Morgan fingerprint density at radius 1 is 1.37 bits per heavy atom. The molecule has 1 atom stereocenters. The Kier molecular flexibility index (Phi) is 6.12. The van der Waals surface area contributed by atoms with Crippen LogP contribution in [-0.2, 0) is 9.53 Å². The van der Waals surface area contributed by atoms with Gasteiger partial charge in [0.25, 0.3) is 0 Å². The number of aliphatic carboxylic acids is 1. The summed E-state index contributed by atoms with van der Waals surface area (Å²) in [5.41, 5.74) is 0.836. The molecule has 0 aromatic heterocycles. The molecule has 19 heavy (non-hydrogen) atoms. The van der Waals surface area contributed by atoms with Crippen LogP contribution in [0, 0.1) is 5.92 Å². The second-order valence-corrected chi connectivity index (χ2v) is 5.20. The molecule has 1 N–H and O–H groups in total. The zero-order chi connectivity index (χ0) is 14.4. The van der Waals surface area contributed by atoms with E-state index in [1.807, 2.05) is 17.0 Å². The number of hydrogen-bond donors (Lipinski definition) is 1. The van der Waals surface area contributed by atoms with Crippen LogP contribution in [0.25, 0.3) is 0 Å². The molecule has 0 aliphatic heterocycles. The molecule has 4 nitrogen and oxygen atoms in total. The lowest BCUT2D eigenvalue weighted by atomic mass is 10.0. The van der Waals surface area contributed by atoms with E-state index in [-0.39, 0.29) is 18.5 Å². The van der Waals surface area contributed by atoms with Crippen LogP contribution in [0.1, 0.15) is 13.8 Å². The van der Waals surface area contributed by atoms with E-state index >= 15 is 0 Å². The highest BCUT2D eigenvalue weighted by molar-refractivity contribution is 6.30. The Morgan fingerprint density at radius 3 is 2.37 bits per heavy atom. The first kappa shape index (κ1) is 15.8. The predicted molar refractivity (Wildman–Crippen MR) is 76.9 cm³/mol. The normalized spacial score (nSPS) is 12.5. The molecule has 0 heterocycles. The quantitative estimate of drug-likeness (QED) is 0.837. The summed E-state index contributed by atoms with van der Waals surface area (Å²) < 4.78 is 5.21. The molecule has 106 valence electrons. The summed E-state index contributed by atoms with van der Waals surface area (Å²) in [6.07, 6.45) is 0. The second kappa shape index (κ2) is 7.36. The second-order valence-electron chi connectivity index (χ2n) is 4.76. The number of anilines is 1. The molecule has 0 amide bonds. The highest BCUT2D eigenvalue weighted by Gasteiger charge is 2.24. The van der Waals surface area contributed by atoms with E-state index < -0.39 is 5.97 Å². The molecule has 0 bridgehead atoms. The first-order valence-corrected chi connectivity index (χ1v) is 6.56. The van der Waals surface area contributed by atoms with Crippen LogP contribution in [0.15, 0.2) is 24.3 Å². The first-order valence-electron chi connectivity index (χ1n) is 6.18. The Hall–Kier alpha value is -1.26. The van der Waals surface area contributed by atoms with Gasteiger partial charge in [-0.05, 0) is 30.2 Å². The van der Waals surface area contributed by atoms with E-state index in [1.165, 1.54) is 0 Å². The number of methoxy groups -OCH3 is 1. The number of rotatable bonds is 7. The van der Waals surface area contributed by atoms with E-state index in [1.54, 1.807) is 19.2 Å². The summed E-state index contributed by atoms with van der Waals surface area (Å²) in [7, 11) is 1.62. The SMILES string of the molecule is COCC(C(C)C)N(CC(=O)O)c1ccc(Cl)cc1. The fourth-order valence-corrected chi connectivity index (χ4v) is 2.12. The maximum absolute atomic E-state index is 11.1. The number of hydrogen-bond acceptors (Lipinski definition) is 3. The number of carboxylic acid groups (broad SMARTS) is 1. The lowest BCUT2D eigenvalue weighted by molar-refractivity contribution is -0.135.